The molecule has 4 aliphatic carbocycles. The van der Waals surface area contributed by atoms with E-state index in [0.29, 0.717) is 22.5 Å². The minimum atomic E-state index is -0.193. The smallest absolute Gasteiger partial charge is 0.228 e. The Balaban J connectivity index is 1.17. The first-order valence-corrected chi connectivity index (χ1v) is 12.9. The van der Waals surface area contributed by atoms with Gasteiger partial charge >= 0.3 is 0 Å². The molecule has 0 spiro atoms. The summed E-state index contributed by atoms with van der Waals surface area (Å²) in [6.07, 6.45) is 8.55. The van der Waals surface area contributed by atoms with Gasteiger partial charge in [-0.05, 0) is 78.8 Å². The Kier molecular flexibility index (Phi) is 4.99. The average Bonchev–Trinajstić information content (AvgIpc) is 3.20. The van der Waals surface area contributed by atoms with E-state index in [2.05, 4.69) is 71.7 Å². The second-order valence-corrected chi connectivity index (χ2v) is 11.7. The molecule has 4 saturated carbocycles. The minimum Gasteiger partial charge on any atom is -0.340 e. The van der Waals surface area contributed by atoms with Crippen LogP contribution in [-0.4, -0.2) is 56.7 Å². The first kappa shape index (κ1) is 20.8. The molecular weight excluding hydrogens is 466 g/mol. The van der Waals surface area contributed by atoms with E-state index < -0.39 is 0 Å². The lowest BCUT2D eigenvalue weighted by atomic mass is 9.46. The highest BCUT2D eigenvalue weighted by Crippen LogP contribution is 2.64. The van der Waals surface area contributed by atoms with Gasteiger partial charge in [0.05, 0.1) is 11.0 Å². The molecule has 0 unspecified atom stereocenters. The molecule has 5 fully saturated rings. The van der Waals surface area contributed by atoms with Crippen LogP contribution in [0.5, 0.6) is 0 Å². The van der Waals surface area contributed by atoms with Crippen LogP contribution >= 0.6 is 15.9 Å². The number of rotatable bonds is 4. The fourth-order valence-corrected chi connectivity index (χ4v) is 7.98. The first-order chi connectivity index (χ1) is 15.4. The monoisotopic (exact) mass is 497 g/mol. The second-order valence-electron chi connectivity index (χ2n) is 11.0. The Labute approximate surface area is 198 Å². The lowest BCUT2D eigenvalue weighted by molar-refractivity contribution is -0.168. The van der Waals surface area contributed by atoms with E-state index in [1.807, 2.05) is 6.33 Å². The van der Waals surface area contributed by atoms with Crippen LogP contribution in [0.3, 0.4) is 0 Å². The van der Waals surface area contributed by atoms with Gasteiger partial charge in [-0.15, -0.1) is 5.10 Å². The molecule has 0 radical (unpaired) electrons. The molecule has 2 aromatic rings. The zero-order chi connectivity index (χ0) is 21.9. The molecule has 7 heteroatoms. The number of nitrogens with zero attached hydrogens (tertiary/aromatic N) is 5. The molecule has 1 aromatic heterocycles. The molecule has 1 amide bonds. The summed E-state index contributed by atoms with van der Waals surface area (Å²) in [5.41, 5.74) is 2.46. The number of aromatic nitrogens is 3. The highest BCUT2D eigenvalue weighted by molar-refractivity contribution is 9.10. The van der Waals surface area contributed by atoms with Crippen molar-refractivity contribution in [1.82, 2.24) is 24.6 Å². The van der Waals surface area contributed by atoms with Crippen molar-refractivity contribution in [1.29, 1.82) is 0 Å². The van der Waals surface area contributed by atoms with Crippen molar-refractivity contribution in [3.63, 3.8) is 0 Å². The van der Waals surface area contributed by atoms with Crippen LogP contribution < -0.4 is 0 Å². The number of hydrogen-bond donors (Lipinski definition) is 0. The molecule has 32 heavy (non-hydrogen) atoms. The second kappa shape index (κ2) is 7.66. The molecule has 170 valence electrons. The van der Waals surface area contributed by atoms with Crippen molar-refractivity contribution in [2.24, 2.45) is 17.3 Å². The standard InChI is InChI=1S/C25H32BrN5O/c1-18-3-2-4-19(9-18)15-29-5-7-30(8-6-29)22(32)24-11-20-10-21(12-24)14-25(13-20,16-24)31-17-27-23(26)28-31/h2-4,9,17,20-21H,5-8,10-16H2,1H3/t20-,21-,24?,25?/m1/s1. The lowest BCUT2D eigenvalue weighted by Gasteiger charge is -2.61. The molecule has 0 N–H and O–H groups in total. The van der Waals surface area contributed by atoms with Gasteiger partial charge in [-0.25, -0.2) is 9.67 Å². The summed E-state index contributed by atoms with van der Waals surface area (Å²) in [6, 6.07) is 8.77. The number of halogens is 1. The van der Waals surface area contributed by atoms with Gasteiger partial charge in [0.1, 0.15) is 6.33 Å². The fourth-order valence-electron chi connectivity index (χ4n) is 7.72. The largest absolute Gasteiger partial charge is 0.340 e. The van der Waals surface area contributed by atoms with Crippen LogP contribution in [0.15, 0.2) is 35.3 Å². The number of carbonyl (C=O) groups excluding carboxylic acids is 1. The maximum Gasteiger partial charge on any atom is 0.228 e. The van der Waals surface area contributed by atoms with Gasteiger partial charge in [0.2, 0.25) is 10.6 Å². The molecule has 7 rings (SSSR count). The van der Waals surface area contributed by atoms with Crippen molar-refractivity contribution in [2.45, 2.75) is 57.5 Å². The summed E-state index contributed by atoms with van der Waals surface area (Å²) in [5, 5.41) is 4.65. The van der Waals surface area contributed by atoms with Crippen molar-refractivity contribution in [3.05, 3.63) is 46.5 Å². The van der Waals surface area contributed by atoms with E-state index in [0.717, 1.165) is 64.8 Å². The Morgan fingerprint density at radius 3 is 2.53 bits per heavy atom. The Hall–Kier alpha value is -1.73. The maximum atomic E-state index is 14.0. The molecule has 1 aliphatic heterocycles. The quantitative estimate of drug-likeness (QED) is 0.640. The number of aryl methyl sites for hydroxylation is 1. The molecule has 6 nitrogen and oxygen atoms in total. The number of piperazine rings is 1. The molecule has 2 atom stereocenters. The van der Waals surface area contributed by atoms with Crippen molar-refractivity contribution < 1.29 is 4.79 Å². The van der Waals surface area contributed by atoms with E-state index in [1.165, 1.54) is 17.5 Å². The summed E-state index contributed by atoms with van der Waals surface area (Å²) < 4.78 is 2.74. The lowest BCUT2D eigenvalue weighted by Crippen LogP contribution is -2.62. The zero-order valence-electron chi connectivity index (χ0n) is 18.8. The third-order valence-electron chi connectivity index (χ3n) is 8.58. The normalized spacial score (nSPS) is 34.2. The predicted molar refractivity (Wildman–Crippen MR) is 126 cm³/mol. The van der Waals surface area contributed by atoms with E-state index in [4.69, 9.17) is 0 Å². The van der Waals surface area contributed by atoms with Gasteiger partial charge in [0, 0.05) is 32.7 Å². The Bertz CT molecular complexity index is 1010. The summed E-state index contributed by atoms with van der Waals surface area (Å²) in [7, 11) is 0. The van der Waals surface area contributed by atoms with Gasteiger partial charge < -0.3 is 4.90 Å². The van der Waals surface area contributed by atoms with Crippen LogP contribution in [-0.2, 0) is 16.9 Å². The van der Waals surface area contributed by atoms with Crippen LogP contribution in [0, 0.1) is 24.2 Å². The third-order valence-corrected chi connectivity index (χ3v) is 8.95. The first-order valence-electron chi connectivity index (χ1n) is 12.1. The summed E-state index contributed by atoms with van der Waals surface area (Å²) in [6.45, 7) is 6.75. The van der Waals surface area contributed by atoms with E-state index in [1.54, 1.807) is 0 Å². The van der Waals surface area contributed by atoms with Gasteiger partial charge in [-0.2, -0.15) is 0 Å². The van der Waals surface area contributed by atoms with Gasteiger partial charge in [-0.1, -0.05) is 29.8 Å². The highest BCUT2D eigenvalue weighted by Gasteiger charge is 2.62. The Morgan fingerprint density at radius 2 is 1.88 bits per heavy atom. The van der Waals surface area contributed by atoms with E-state index >= 15 is 0 Å². The summed E-state index contributed by atoms with van der Waals surface area (Å²) >= 11 is 3.43. The number of carbonyl (C=O) groups is 1. The summed E-state index contributed by atoms with van der Waals surface area (Å²) in [4.78, 5) is 23.0. The molecule has 2 heterocycles. The average molecular weight is 498 g/mol. The fraction of sp³-hybridized carbons (Fsp3) is 0.640. The summed E-state index contributed by atoms with van der Waals surface area (Å²) in [5.74, 6) is 1.71. The topological polar surface area (TPSA) is 54.3 Å². The van der Waals surface area contributed by atoms with Gasteiger partial charge in [0.15, 0.2) is 0 Å². The molecule has 1 saturated heterocycles. The van der Waals surface area contributed by atoms with Gasteiger partial charge in [0.25, 0.3) is 0 Å². The zero-order valence-corrected chi connectivity index (χ0v) is 20.4. The molecule has 5 aliphatic rings. The van der Waals surface area contributed by atoms with Crippen LogP contribution in [0.2, 0.25) is 0 Å². The van der Waals surface area contributed by atoms with Crippen molar-refractivity contribution in [3.8, 4) is 0 Å². The van der Waals surface area contributed by atoms with Crippen molar-refractivity contribution >= 4 is 21.8 Å². The molecular formula is C25H32BrN5O. The Morgan fingerprint density at radius 1 is 1.12 bits per heavy atom. The van der Waals surface area contributed by atoms with Gasteiger partial charge in [-0.3, -0.25) is 9.69 Å². The molecule has 4 bridgehead atoms. The number of hydrogen-bond acceptors (Lipinski definition) is 4. The van der Waals surface area contributed by atoms with Crippen LogP contribution in [0.4, 0.5) is 0 Å². The van der Waals surface area contributed by atoms with Crippen LogP contribution in [0.1, 0.15) is 49.7 Å². The number of benzene rings is 1. The highest BCUT2D eigenvalue weighted by atomic mass is 79.9. The molecule has 1 aromatic carbocycles. The SMILES string of the molecule is Cc1cccc(CN2CCN(C(=O)C34C[C@H]5C[C@H](C3)CC(n3cnc(Br)n3)(C5)C4)CC2)c1. The number of amides is 1. The van der Waals surface area contributed by atoms with Crippen LogP contribution in [0.25, 0.3) is 0 Å². The maximum absolute atomic E-state index is 14.0. The van der Waals surface area contributed by atoms with E-state index in [9.17, 15) is 4.79 Å². The van der Waals surface area contributed by atoms with E-state index in [-0.39, 0.29) is 11.0 Å². The van der Waals surface area contributed by atoms with Crippen molar-refractivity contribution in [2.75, 3.05) is 26.2 Å². The third kappa shape index (κ3) is 3.52. The minimum absolute atomic E-state index is 0.0221. The predicted octanol–water partition coefficient (Wildman–Crippen LogP) is 3.99.